The molecule has 1 atom stereocenters. The maximum Gasteiger partial charge on any atom is 0.0593 e. The fourth-order valence-electron chi connectivity index (χ4n) is 0.626. The summed E-state index contributed by atoms with van der Waals surface area (Å²) in [6.07, 6.45) is 4.18. The van der Waals surface area contributed by atoms with Gasteiger partial charge in [-0.3, -0.25) is 4.99 Å². The summed E-state index contributed by atoms with van der Waals surface area (Å²) in [7, 11) is 0. The molecule has 0 aliphatic carbocycles. The van der Waals surface area contributed by atoms with Crippen LogP contribution in [0, 0.1) is 11.8 Å². The third kappa shape index (κ3) is 5.11. The molecule has 0 spiro atoms. The molecular weight excluding hydrogens is 146 g/mol. The minimum Gasteiger partial charge on any atom is -0.293 e. The molecule has 0 radical (unpaired) electrons. The lowest BCUT2D eigenvalue weighted by Crippen LogP contribution is -2.05. The molecule has 0 rings (SSSR count). The minimum atomic E-state index is 0.592. The average molecular weight is 167 g/mol. The fraction of sp³-hybridized carbons (Fsp3) is 0.727. The van der Waals surface area contributed by atoms with Crippen LogP contribution in [0.15, 0.2) is 16.6 Å². The van der Waals surface area contributed by atoms with Gasteiger partial charge in [-0.25, -0.2) is 0 Å². The summed E-state index contributed by atoms with van der Waals surface area (Å²) in [5.74, 6) is 1.29. The van der Waals surface area contributed by atoms with Gasteiger partial charge in [-0.05, 0) is 25.7 Å². The highest BCUT2D eigenvalue weighted by atomic mass is 14.7. The Labute approximate surface area is 76.6 Å². The predicted octanol–water partition coefficient (Wildman–Crippen LogP) is 3.32. The van der Waals surface area contributed by atoms with Crippen LogP contribution in [0.1, 0.15) is 34.6 Å². The van der Waals surface area contributed by atoms with E-state index in [9.17, 15) is 0 Å². The van der Waals surface area contributed by atoms with Gasteiger partial charge in [-0.2, -0.15) is 0 Å². The molecule has 0 aliphatic heterocycles. The first-order valence-electron chi connectivity index (χ1n) is 4.69. The van der Waals surface area contributed by atoms with Crippen LogP contribution in [0.4, 0.5) is 0 Å². The van der Waals surface area contributed by atoms with Crippen LogP contribution in [0.2, 0.25) is 0 Å². The van der Waals surface area contributed by atoms with Crippen LogP contribution < -0.4 is 0 Å². The van der Waals surface area contributed by atoms with Gasteiger partial charge < -0.3 is 0 Å². The Bertz CT molecular complexity index is 166. The molecule has 0 fully saturated rings. The monoisotopic (exact) mass is 167 g/mol. The third-order valence-corrected chi connectivity index (χ3v) is 2.23. The SMILES string of the molecule is C/C=C(\C)C/N=C\C(C)C(C)C. The molecule has 0 saturated heterocycles. The zero-order valence-electron chi connectivity index (χ0n) is 8.96. The second kappa shape index (κ2) is 5.99. The smallest absolute Gasteiger partial charge is 0.0593 e. The molecule has 1 nitrogen and oxygen atoms in total. The molecule has 0 N–H and O–H groups in total. The number of aliphatic imine (C=N–C) groups is 1. The number of allylic oxidation sites excluding steroid dienone is 1. The Morgan fingerprint density at radius 1 is 1.33 bits per heavy atom. The van der Waals surface area contributed by atoms with Gasteiger partial charge in [0.05, 0.1) is 6.54 Å². The van der Waals surface area contributed by atoms with Crippen LogP contribution in [-0.2, 0) is 0 Å². The Morgan fingerprint density at radius 2 is 1.92 bits per heavy atom. The van der Waals surface area contributed by atoms with Gasteiger partial charge in [-0.15, -0.1) is 0 Å². The first-order chi connectivity index (χ1) is 5.57. The first kappa shape index (κ1) is 11.4. The van der Waals surface area contributed by atoms with Crippen molar-refractivity contribution >= 4 is 6.21 Å². The standard InChI is InChI=1S/C11H21N/c1-6-10(4)7-12-8-11(5)9(2)3/h6,8-9,11H,7H2,1-5H3/b10-6+,12-8-. The van der Waals surface area contributed by atoms with Gasteiger partial charge in [0.25, 0.3) is 0 Å². The molecule has 70 valence electrons. The summed E-state index contributed by atoms with van der Waals surface area (Å²) in [5.41, 5.74) is 1.34. The number of nitrogens with zero attached hydrogens (tertiary/aromatic N) is 1. The van der Waals surface area contributed by atoms with E-state index in [0.29, 0.717) is 11.8 Å². The van der Waals surface area contributed by atoms with Crippen LogP contribution in [0.25, 0.3) is 0 Å². The van der Waals surface area contributed by atoms with E-state index < -0.39 is 0 Å². The lowest BCUT2D eigenvalue weighted by Gasteiger charge is -2.08. The van der Waals surface area contributed by atoms with Crippen molar-refractivity contribution in [3.8, 4) is 0 Å². The van der Waals surface area contributed by atoms with Crippen molar-refractivity contribution in [1.82, 2.24) is 0 Å². The number of hydrogen-bond donors (Lipinski definition) is 0. The average Bonchev–Trinajstić information content (AvgIpc) is 2.03. The summed E-state index contributed by atoms with van der Waals surface area (Å²) in [6, 6.07) is 0. The predicted molar refractivity (Wildman–Crippen MR) is 56.8 cm³/mol. The summed E-state index contributed by atoms with van der Waals surface area (Å²) >= 11 is 0. The maximum absolute atomic E-state index is 4.37. The molecule has 0 saturated carbocycles. The molecule has 0 aromatic rings. The van der Waals surface area contributed by atoms with E-state index in [1.54, 1.807) is 0 Å². The van der Waals surface area contributed by atoms with Gasteiger partial charge in [0.15, 0.2) is 0 Å². The van der Waals surface area contributed by atoms with Gasteiger partial charge >= 0.3 is 0 Å². The van der Waals surface area contributed by atoms with Crippen LogP contribution >= 0.6 is 0 Å². The van der Waals surface area contributed by atoms with E-state index >= 15 is 0 Å². The zero-order chi connectivity index (χ0) is 9.56. The molecule has 0 bridgehead atoms. The van der Waals surface area contributed by atoms with Crippen LogP contribution in [0.3, 0.4) is 0 Å². The Morgan fingerprint density at radius 3 is 2.33 bits per heavy atom. The minimum absolute atomic E-state index is 0.592. The maximum atomic E-state index is 4.37. The van der Waals surface area contributed by atoms with Crippen molar-refractivity contribution in [2.75, 3.05) is 6.54 Å². The second-order valence-corrected chi connectivity index (χ2v) is 3.73. The largest absolute Gasteiger partial charge is 0.293 e. The number of rotatable bonds is 4. The van der Waals surface area contributed by atoms with E-state index in [-0.39, 0.29) is 0 Å². The topological polar surface area (TPSA) is 12.4 Å². The molecule has 0 heterocycles. The van der Waals surface area contributed by atoms with E-state index in [4.69, 9.17) is 0 Å². The zero-order valence-corrected chi connectivity index (χ0v) is 8.96. The third-order valence-electron chi connectivity index (χ3n) is 2.23. The normalized spacial score (nSPS) is 16.0. The highest BCUT2D eigenvalue weighted by Crippen LogP contribution is 2.06. The van der Waals surface area contributed by atoms with E-state index in [1.807, 2.05) is 0 Å². The second-order valence-electron chi connectivity index (χ2n) is 3.73. The summed E-state index contributed by atoms with van der Waals surface area (Å²) in [6.45, 7) is 11.7. The summed E-state index contributed by atoms with van der Waals surface area (Å²) < 4.78 is 0. The van der Waals surface area contributed by atoms with Crippen LogP contribution in [0.5, 0.6) is 0 Å². The fourth-order valence-corrected chi connectivity index (χ4v) is 0.626. The van der Waals surface area contributed by atoms with Gasteiger partial charge in [0, 0.05) is 6.21 Å². The first-order valence-corrected chi connectivity index (χ1v) is 4.69. The molecular formula is C11H21N. The van der Waals surface area contributed by atoms with Crippen LogP contribution in [-0.4, -0.2) is 12.8 Å². The van der Waals surface area contributed by atoms with Gasteiger partial charge in [-0.1, -0.05) is 32.4 Å². The van der Waals surface area contributed by atoms with Gasteiger partial charge in [0.2, 0.25) is 0 Å². The van der Waals surface area contributed by atoms with Crippen molar-refractivity contribution in [2.45, 2.75) is 34.6 Å². The van der Waals surface area contributed by atoms with E-state index in [2.05, 4.69) is 51.9 Å². The molecule has 0 aromatic heterocycles. The van der Waals surface area contributed by atoms with E-state index in [0.717, 1.165) is 6.54 Å². The van der Waals surface area contributed by atoms with E-state index in [1.165, 1.54) is 5.57 Å². The highest BCUT2D eigenvalue weighted by Gasteiger charge is 2.01. The lowest BCUT2D eigenvalue weighted by molar-refractivity contribution is 0.540. The molecule has 12 heavy (non-hydrogen) atoms. The quantitative estimate of drug-likeness (QED) is 0.450. The van der Waals surface area contributed by atoms with Crippen molar-refractivity contribution in [3.63, 3.8) is 0 Å². The molecule has 1 heteroatoms. The van der Waals surface area contributed by atoms with Crippen molar-refractivity contribution < 1.29 is 0 Å². The molecule has 0 amide bonds. The summed E-state index contributed by atoms with van der Waals surface area (Å²) in [4.78, 5) is 4.37. The van der Waals surface area contributed by atoms with Gasteiger partial charge in [0.1, 0.15) is 0 Å². The lowest BCUT2D eigenvalue weighted by atomic mass is 10.00. The molecule has 0 aromatic carbocycles. The Hall–Kier alpha value is -0.590. The Kier molecular flexibility index (Phi) is 5.69. The molecule has 0 aliphatic rings. The summed E-state index contributed by atoms with van der Waals surface area (Å²) in [5, 5.41) is 0. The number of hydrogen-bond acceptors (Lipinski definition) is 1. The highest BCUT2D eigenvalue weighted by molar-refractivity contribution is 5.60. The Balaban J connectivity index is 3.76. The van der Waals surface area contributed by atoms with Crippen molar-refractivity contribution in [2.24, 2.45) is 16.8 Å². The van der Waals surface area contributed by atoms with Crippen molar-refractivity contribution in [3.05, 3.63) is 11.6 Å². The van der Waals surface area contributed by atoms with Crippen molar-refractivity contribution in [1.29, 1.82) is 0 Å². The molecule has 1 unspecified atom stereocenters.